The molecule has 1 saturated heterocycles. The van der Waals surface area contributed by atoms with Crippen LogP contribution >= 0.6 is 11.6 Å². The van der Waals surface area contributed by atoms with Crippen LogP contribution in [0.25, 0.3) is 0 Å². The molecule has 168 valence electrons. The van der Waals surface area contributed by atoms with Gasteiger partial charge in [-0.15, -0.1) is 16.5 Å². The fourth-order valence-electron chi connectivity index (χ4n) is 3.81. The Bertz CT molecular complexity index is 550. The van der Waals surface area contributed by atoms with Crippen molar-refractivity contribution in [3.8, 4) is 0 Å². The molecule has 0 unspecified atom stereocenters. The number of nitrogens with zero attached hydrogens (tertiary/aromatic N) is 3. The zero-order chi connectivity index (χ0) is 21.6. The predicted octanol–water partition coefficient (Wildman–Crippen LogP) is 1.40. The minimum Gasteiger partial charge on any atom is -0.385 e. The smallest absolute Gasteiger partial charge is 0.345 e. The van der Waals surface area contributed by atoms with Gasteiger partial charge in [-0.05, 0) is 18.8 Å². The number of nitroso groups, excluding NO2 is 1. The molecule has 2 amide bonds. The summed E-state index contributed by atoms with van der Waals surface area (Å²) in [6.45, 7) is 3.50. The molecular weight excluding hydrogens is 406 g/mol. The Hall–Kier alpha value is -1.04. The quantitative estimate of drug-likeness (QED) is 0.226. The number of hydrogen-bond donors (Lipinski definition) is 3. The monoisotopic (exact) mass is 437 g/mol. The van der Waals surface area contributed by atoms with Gasteiger partial charge in [-0.2, -0.15) is 5.01 Å². The number of amides is 2. The first kappa shape index (κ1) is 24.2. The van der Waals surface area contributed by atoms with Crippen LogP contribution in [0.3, 0.4) is 0 Å². The van der Waals surface area contributed by atoms with E-state index in [1.807, 2.05) is 13.8 Å². The highest BCUT2D eigenvalue weighted by Gasteiger charge is 2.56. The lowest BCUT2D eigenvalue weighted by Gasteiger charge is -2.51. The normalized spacial score (nSPS) is 30.9. The summed E-state index contributed by atoms with van der Waals surface area (Å²) < 4.78 is 11.0. The molecule has 0 aromatic heterocycles. The lowest BCUT2D eigenvalue weighted by atomic mass is 9.89. The summed E-state index contributed by atoms with van der Waals surface area (Å²) in [5.41, 5.74) is -2.24. The highest BCUT2D eigenvalue weighted by atomic mass is 35.5. The zero-order valence-corrected chi connectivity index (χ0v) is 17.7. The van der Waals surface area contributed by atoms with Crippen LogP contribution in [0, 0.1) is 10.8 Å². The third-order valence-corrected chi connectivity index (χ3v) is 5.48. The topological polar surface area (TPSA) is 132 Å². The van der Waals surface area contributed by atoms with Crippen LogP contribution in [0.1, 0.15) is 46.0 Å². The Morgan fingerprint density at radius 3 is 2.52 bits per heavy atom. The van der Waals surface area contributed by atoms with Gasteiger partial charge >= 0.3 is 6.03 Å². The van der Waals surface area contributed by atoms with E-state index in [9.17, 15) is 25.0 Å². The average molecular weight is 438 g/mol. The number of rotatable bonds is 8. The number of carbonyl (C=O) groups excluding carboxylic acids is 1. The van der Waals surface area contributed by atoms with Gasteiger partial charge in [0.25, 0.3) is 0 Å². The van der Waals surface area contributed by atoms with Gasteiger partial charge in [0.15, 0.2) is 12.0 Å². The number of aliphatic hydroxyl groups excluding tert-OH is 2. The van der Waals surface area contributed by atoms with E-state index < -0.39 is 42.9 Å². The number of aliphatic hydroxyl groups is 3. The third-order valence-electron chi connectivity index (χ3n) is 5.31. The Balaban J connectivity index is 2.28. The third kappa shape index (κ3) is 5.56. The molecular formula is C18H32ClN3O7. The number of alkyl halides is 1. The summed E-state index contributed by atoms with van der Waals surface area (Å²) in [6.07, 6.45) is -0.682. The minimum absolute atomic E-state index is 0.0266. The van der Waals surface area contributed by atoms with Gasteiger partial charge in [0.05, 0.1) is 18.4 Å². The second-order valence-corrected chi connectivity index (χ2v) is 8.44. The van der Waals surface area contributed by atoms with Crippen molar-refractivity contribution in [3.63, 3.8) is 0 Å². The second kappa shape index (κ2) is 10.8. The molecule has 0 bridgehead atoms. The van der Waals surface area contributed by atoms with E-state index in [2.05, 4.69) is 5.29 Å². The van der Waals surface area contributed by atoms with Gasteiger partial charge in [0, 0.05) is 11.9 Å². The van der Waals surface area contributed by atoms with Crippen LogP contribution in [0.15, 0.2) is 5.29 Å². The molecule has 11 heteroatoms. The summed E-state index contributed by atoms with van der Waals surface area (Å²) >= 11 is 5.66. The standard InChI is InChI=1S/C18H32ClN3O7/c1-12(2)10-28-16-14(23)15(24)18(26,11-29-16)22(13-6-4-3-5-7-13)17(25)21(20-27)9-8-19/h12-16,23-24,26H,3-11H2,1-2H3/t14-,15-,16-,18-/m0/s1. The Morgan fingerprint density at radius 1 is 1.31 bits per heavy atom. The zero-order valence-electron chi connectivity index (χ0n) is 16.9. The van der Waals surface area contributed by atoms with E-state index in [0.29, 0.717) is 17.9 Å². The molecule has 1 saturated carbocycles. The van der Waals surface area contributed by atoms with Crippen LogP contribution in [0.5, 0.6) is 0 Å². The SMILES string of the molecule is CC(C)CO[C@H]1OC[C@@](O)(N(C(=O)N(CCCl)N=O)C2CCCCC2)[C@@H](O)[C@@H]1O. The van der Waals surface area contributed by atoms with Gasteiger partial charge in [-0.3, -0.25) is 4.90 Å². The largest absolute Gasteiger partial charge is 0.385 e. The maximum atomic E-state index is 13.1. The molecule has 2 fully saturated rings. The maximum Gasteiger partial charge on any atom is 0.345 e. The molecule has 0 aromatic carbocycles. The predicted molar refractivity (Wildman–Crippen MR) is 105 cm³/mol. The van der Waals surface area contributed by atoms with E-state index in [1.54, 1.807) is 0 Å². The number of ether oxygens (including phenoxy) is 2. The number of hydrogen-bond acceptors (Lipinski definition) is 8. The van der Waals surface area contributed by atoms with Crippen molar-refractivity contribution in [2.45, 2.75) is 76.2 Å². The number of halogens is 1. The van der Waals surface area contributed by atoms with Crippen LogP contribution < -0.4 is 0 Å². The Labute approximate surface area is 175 Å². The average Bonchev–Trinajstić information content (AvgIpc) is 2.70. The summed E-state index contributed by atoms with van der Waals surface area (Å²) in [5.74, 6) is 0.146. The van der Waals surface area contributed by atoms with Gasteiger partial charge < -0.3 is 24.8 Å². The summed E-state index contributed by atoms with van der Waals surface area (Å²) in [5, 5.41) is 35.9. The second-order valence-electron chi connectivity index (χ2n) is 8.06. The Kier molecular flexibility index (Phi) is 9.05. The number of carbonyl (C=O) groups is 1. The first-order valence-corrected chi connectivity index (χ1v) is 10.6. The molecule has 1 heterocycles. The van der Waals surface area contributed by atoms with Gasteiger partial charge in [0.2, 0.25) is 0 Å². The van der Waals surface area contributed by atoms with E-state index >= 15 is 0 Å². The van der Waals surface area contributed by atoms with Crippen molar-refractivity contribution in [1.29, 1.82) is 0 Å². The first-order valence-electron chi connectivity index (χ1n) is 10.1. The van der Waals surface area contributed by atoms with Crippen molar-refractivity contribution >= 4 is 17.6 Å². The van der Waals surface area contributed by atoms with Crippen molar-refractivity contribution in [2.75, 3.05) is 25.6 Å². The van der Waals surface area contributed by atoms with E-state index in [-0.39, 0.29) is 24.9 Å². The van der Waals surface area contributed by atoms with E-state index in [4.69, 9.17) is 21.1 Å². The van der Waals surface area contributed by atoms with Gasteiger partial charge in [0.1, 0.15) is 18.8 Å². The lowest BCUT2D eigenvalue weighted by Crippen LogP contribution is -2.73. The highest BCUT2D eigenvalue weighted by Crippen LogP contribution is 2.35. The van der Waals surface area contributed by atoms with E-state index in [0.717, 1.165) is 24.2 Å². The minimum atomic E-state index is -2.24. The van der Waals surface area contributed by atoms with Gasteiger partial charge in [-0.25, -0.2) is 4.79 Å². The molecule has 29 heavy (non-hydrogen) atoms. The first-order chi connectivity index (χ1) is 13.8. The van der Waals surface area contributed by atoms with Crippen molar-refractivity contribution < 1.29 is 29.6 Å². The van der Waals surface area contributed by atoms with Crippen molar-refractivity contribution in [1.82, 2.24) is 9.91 Å². The van der Waals surface area contributed by atoms with Crippen molar-refractivity contribution in [3.05, 3.63) is 4.91 Å². The summed E-state index contributed by atoms with van der Waals surface area (Å²) in [4.78, 5) is 25.3. The molecule has 2 rings (SSSR count). The fraction of sp³-hybridized carbons (Fsp3) is 0.944. The van der Waals surface area contributed by atoms with Crippen LogP contribution in [-0.4, -0.2) is 87.2 Å². The number of urea groups is 1. The molecule has 2 aliphatic rings. The summed E-state index contributed by atoms with van der Waals surface area (Å²) in [6, 6.07) is -1.33. The van der Waals surface area contributed by atoms with Crippen molar-refractivity contribution in [2.24, 2.45) is 11.2 Å². The molecule has 3 N–H and O–H groups in total. The molecule has 0 aromatic rings. The highest BCUT2D eigenvalue weighted by molar-refractivity contribution is 6.18. The lowest BCUT2D eigenvalue weighted by molar-refractivity contribution is -0.330. The van der Waals surface area contributed by atoms with Crippen LogP contribution in [-0.2, 0) is 9.47 Å². The molecule has 0 spiro atoms. The molecule has 10 nitrogen and oxygen atoms in total. The van der Waals surface area contributed by atoms with Crippen LogP contribution in [0.4, 0.5) is 4.79 Å². The maximum absolute atomic E-state index is 13.1. The summed E-state index contributed by atoms with van der Waals surface area (Å²) in [7, 11) is 0. The molecule has 0 radical (unpaired) electrons. The fourth-order valence-corrected chi connectivity index (χ4v) is 3.97. The molecule has 1 aliphatic carbocycles. The Morgan fingerprint density at radius 2 is 1.97 bits per heavy atom. The molecule has 1 aliphatic heterocycles. The van der Waals surface area contributed by atoms with Crippen LogP contribution in [0.2, 0.25) is 0 Å². The van der Waals surface area contributed by atoms with Gasteiger partial charge in [-0.1, -0.05) is 33.1 Å². The van der Waals surface area contributed by atoms with E-state index in [1.165, 1.54) is 0 Å². The molecule has 4 atom stereocenters.